The lowest BCUT2D eigenvalue weighted by atomic mass is 9.97. The van der Waals surface area contributed by atoms with Gasteiger partial charge in [-0.3, -0.25) is 9.59 Å². The summed E-state index contributed by atoms with van der Waals surface area (Å²) in [6, 6.07) is 15.4. The number of benzene rings is 2. The molecule has 4 aromatic rings. The predicted octanol–water partition coefficient (Wildman–Crippen LogP) is 4.31. The molecule has 0 saturated carbocycles. The molecule has 0 radical (unpaired) electrons. The third-order valence-electron chi connectivity index (χ3n) is 7.60. The van der Waals surface area contributed by atoms with Gasteiger partial charge in [0.25, 0.3) is 5.56 Å². The van der Waals surface area contributed by atoms with Gasteiger partial charge in [0.1, 0.15) is 12.4 Å². The summed E-state index contributed by atoms with van der Waals surface area (Å²) in [7, 11) is 0. The number of aliphatic hydroxyl groups excluding tert-OH is 1. The Morgan fingerprint density at radius 1 is 1.13 bits per heavy atom. The number of carbonyl (C=O) groups excluding carboxylic acids is 2. The number of cyclic esters (lactones) is 1. The fourth-order valence-electron chi connectivity index (χ4n) is 5.53. The molecular weight excluding hydrogens is 496 g/mol. The van der Waals surface area contributed by atoms with E-state index in [1.807, 2.05) is 26.0 Å². The lowest BCUT2D eigenvalue weighted by Crippen LogP contribution is -2.32. The molecule has 8 nitrogen and oxygen atoms in total. The first-order valence-corrected chi connectivity index (χ1v) is 13.2. The van der Waals surface area contributed by atoms with Crippen LogP contribution in [0.15, 0.2) is 53.3 Å². The van der Waals surface area contributed by atoms with Gasteiger partial charge in [0, 0.05) is 22.9 Å². The molecule has 0 bridgehead atoms. The van der Waals surface area contributed by atoms with E-state index >= 15 is 0 Å². The van der Waals surface area contributed by atoms with Crippen LogP contribution in [0.5, 0.6) is 5.75 Å². The third kappa shape index (κ3) is 4.40. The van der Waals surface area contributed by atoms with Gasteiger partial charge in [-0.2, -0.15) is 0 Å². The lowest BCUT2D eigenvalue weighted by Gasteiger charge is -2.21. The Hall–Kier alpha value is -4.30. The Morgan fingerprint density at radius 3 is 2.69 bits per heavy atom. The standard InChI is InChI=1S/C31H28N2O6/c1-3-20-21-13-19(39-27(34)6-4-5-18-9-7-17(2)8-10-18)11-12-25(21)32-28-23(20)15-33-26(28)14-22-24(30(33)36)16-38-31(37)29(22)35/h7-14,29,35H,3-6,15-16H2,1-2H3. The fraction of sp³-hybridized carbons (Fsp3) is 0.290. The van der Waals surface area contributed by atoms with E-state index in [2.05, 4.69) is 24.3 Å². The number of ether oxygens (including phenoxy) is 2. The van der Waals surface area contributed by atoms with Crippen molar-refractivity contribution in [2.24, 2.45) is 0 Å². The molecule has 2 aromatic carbocycles. The summed E-state index contributed by atoms with van der Waals surface area (Å²) in [4.78, 5) is 42.6. The molecule has 2 aliphatic rings. The highest BCUT2D eigenvalue weighted by Gasteiger charge is 2.34. The monoisotopic (exact) mass is 524 g/mol. The van der Waals surface area contributed by atoms with Crippen molar-refractivity contribution in [1.82, 2.24) is 9.55 Å². The summed E-state index contributed by atoms with van der Waals surface area (Å²) in [6.45, 7) is 4.26. The van der Waals surface area contributed by atoms with Crippen molar-refractivity contribution in [3.05, 3.63) is 92.3 Å². The van der Waals surface area contributed by atoms with E-state index in [0.29, 0.717) is 48.5 Å². The van der Waals surface area contributed by atoms with Crippen molar-refractivity contribution in [1.29, 1.82) is 0 Å². The van der Waals surface area contributed by atoms with Crippen LogP contribution in [0.25, 0.3) is 22.3 Å². The molecule has 2 aromatic heterocycles. The Bertz CT molecular complexity index is 1700. The quantitative estimate of drug-likeness (QED) is 0.260. The largest absolute Gasteiger partial charge is 0.458 e. The molecule has 0 aliphatic carbocycles. The second kappa shape index (κ2) is 9.78. The van der Waals surface area contributed by atoms with E-state index in [0.717, 1.165) is 22.9 Å². The second-order valence-electron chi connectivity index (χ2n) is 10.1. The van der Waals surface area contributed by atoms with Gasteiger partial charge in [0.05, 0.1) is 29.0 Å². The molecule has 0 amide bonds. The molecule has 39 heavy (non-hydrogen) atoms. The molecular formula is C31H28N2O6. The van der Waals surface area contributed by atoms with Gasteiger partial charge in [-0.05, 0) is 61.6 Å². The van der Waals surface area contributed by atoms with Gasteiger partial charge in [-0.25, -0.2) is 9.78 Å². The van der Waals surface area contributed by atoms with Crippen molar-refractivity contribution in [2.45, 2.75) is 58.8 Å². The first-order chi connectivity index (χ1) is 18.8. The van der Waals surface area contributed by atoms with Gasteiger partial charge < -0.3 is 19.1 Å². The number of hydrogen-bond donors (Lipinski definition) is 1. The van der Waals surface area contributed by atoms with Crippen LogP contribution in [0.2, 0.25) is 0 Å². The number of nitrogens with zero attached hydrogens (tertiary/aromatic N) is 2. The van der Waals surface area contributed by atoms with Crippen LogP contribution >= 0.6 is 0 Å². The number of pyridine rings is 2. The number of fused-ring (bicyclic) bond motifs is 5. The molecule has 198 valence electrons. The fourth-order valence-corrected chi connectivity index (χ4v) is 5.53. The van der Waals surface area contributed by atoms with Gasteiger partial charge in [0.15, 0.2) is 6.10 Å². The highest BCUT2D eigenvalue weighted by Crippen LogP contribution is 2.38. The average Bonchev–Trinajstić information content (AvgIpc) is 3.29. The normalized spacial score (nSPS) is 15.5. The minimum atomic E-state index is -1.49. The Kier molecular flexibility index (Phi) is 6.27. The number of aromatic nitrogens is 2. The molecule has 1 N–H and O–H groups in total. The number of carbonyl (C=O) groups is 2. The average molecular weight is 525 g/mol. The topological polar surface area (TPSA) is 108 Å². The van der Waals surface area contributed by atoms with Crippen LogP contribution in [0.1, 0.15) is 59.3 Å². The summed E-state index contributed by atoms with van der Waals surface area (Å²) in [6.07, 6.45) is 1.02. The molecule has 8 heteroatoms. The first kappa shape index (κ1) is 25.0. The van der Waals surface area contributed by atoms with E-state index in [1.54, 1.807) is 16.7 Å². The number of aliphatic hydroxyl groups is 1. The highest BCUT2D eigenvalue weighted by molar-refractivity contribution is 5.90. The van der Waals surface area contributed by atoms with Gasteiger partial charge in [-0.1, -0.05) is 36.8 Å². The minimum absolute atomic E-state index is 0.156. The van der Waals surface area contributed by atoms with Crippen LogP contribution in [0.3, 0.4) is 0 Å². The zero-order chi connectivity index (χ0) is 27.3. The van der Waals surface area contributed by atoms with Gasteiger partial charge >= 0.3 is 11.9 Å². The summed E-state index contributed by atoms with van der Waals surface area (Å²) >= 11 is 0. The molecule has 1 atom stereocenters. The van der Waals surface area contributed by atoms with Crippen molar-refractivity contribution in [3.8, 4) is 17.1 Å². The van der Waals surface area contributed by atoms with Crippen LogP contribution in [-0.4, -0.2) is 26.6 Å². The molecule has 4 heterocycles. The maximum absolute atomic E-state index is 13.3. The molecule has 6 rings (SSSR count). The third-order valence-corrected chi connectivity index (χ3v) is 7.60. The first-order valence-electron chi connectivity index (χ1n) is 13.2. The predicted molar refractivity (Wildman–Crippen MR) is 144 cm³/mol. The maximum atomic E-state index is 13.3. The molecule has 0 spiro atoms. The van der Waals surface area contributed by atoms with Crippen molar-refractivity contribution in [2.75, 3.05) is 0 Å². The number of esters is 2. The lowest BCUT2D eigenvalue weighted by molar-refractivity contribution is -0.157. The SMILES string of the molecule is CCc1c2c(nc3ccc(OC(=O)CCCc4ccc(C)cc4)cc13)-c1cc3c(c(=O)n1C2)COC(=O)C3O. The van der Waals surface area contributed by atoms with Crippen LogP contribution in [0.4, 0.5) is 0 Å². The zero-order valence-electron chi connectivity index (χ0n) is 21.8. The maximum Gasteiger partial charge on any atom is 0.340 e. The molecule has 1 unspecified atom stereocenters. The molecule has 0 saturated heterocycles. The minimum Gasteiger partial charge on any atom is -0.458 e. The number of rotatable bonds is 6. The van der Waals surface area contributed by atoms with Crippen LogP contribution < -0.4 is 10.3 Å². The van der Waals surface area contributed by atoms with E-state index < -0.39 is 12.1 Å². The summed E-state index contributed by atoms with van der Waals surface area (Å²) in [5, 5.41) is 11.2. The number of hydrogen-bond acceptors (Lipinski definition) is 7. The van der Waals surface area contributed by atoms with E-state index in [-0.39, 0.29) is 29.3 Å². The van der Waals surface area contributed by atoms with Crippen LogP contribution in [-0.2, 0) is 40.3 Å². The van der Waals surface area contributed by atoms with E-state index in [4.69, 9.17) is 14.5 Å². The Morgan fingerprint density at radius 2 is 1.92 bits per heavy atom. The van der Waals surface area contributed by atoms with Crippen LogP contribution in [0, 0.1) is 6.92 Å². The summed E-state index contributed by atoms with van der Waals surface area (Å²) in [5.41, 5.74) is 6.55. The Balaban J connectivity index is 1.27. The van der Waals surface area contributed by atoms with Crippen molar-refractivity contribution < 1.29 is 24.2 Å². The molecule has 0 fully saturated rings. The number of aryl methyl sites for hydroxylation is 3. The Labute approximate surface area is 224 Å². The van der Waals surface area contributed by atoms with Crippen molar-refractivity contribution >= 4 is 22.8 Å². The van der Waals surface area contributed by atoms with Gasteiger partial charge in [-0.15, -0.1) is 0 Å². The summed E-state index contributed by atoms with van der Waals surface area (Å²) in [5.74, 6) is -0.585. The van der Waals surface area contributed by atoms with Gasteiger partial charge in [0.2, 0.25) is 0 Å². The molecule has 2 aliphatic heterocycles. The summed E-state index contributed by atoms with van der Waals surface area (Å²) < 4.78 is 12.3. The zero-order valence-corrected chi connectivity index (χ0v) is 21.8. The van der Waals surface area contributed by atoms with E-state index in [1.165, 1.54) is 11.1 Å². The smallest absolute Gasteiger partial charge is 0.340 e. The highest BCUT2D eigenvalue weighted by atomic mass is 16.5. The second-order valence-corrected chi connectivity index (χ2v) is 10.1. The van der Waals surface area contributed by atoms with Crippen molar-refractivity contribution in [3.63, 3.8) is 0 Å². The van der Waals surface area contributed by atoms with E-state index in [9.17, 15) is 19.5 Å².